The van der Waals surface area contributed by atoms with Crippen LogP contribution in [0.5, 0.6) is 5.75 Å². The summed E-state index contributed by atoms with van der Waals surface area (Å²) in [6.07, 6.45) is 1.54. The molecule has 0 aliphatic heterocycles. The minimum Gasteiger partial charge on any atom is -0.493 e. The molecule has 1 unspecified atom stereocenters. The summed E-state index contributed by atoms with van der Waals surface area (Å²) in [6.45, 7) is 4.29. The van der Waals surface area contributed by atoms with Gasteiger partial charge >= 0.3 is 0 Å². The van der Waals surface area contributed by atoms with Gasteiger partial charge in [-0.05, 0) is 31.5 Å². The number of para-hydroxylation sites is 1. The highest BCUT2D eigenvalue weighted by atomic mass is 16.6. The monoisotopic (exact) mass is 326 g/mol. The number of amides is 1. The first-order valence-corrected chi connectivity index (χ1v) is 7.92. The van der Waals surface area contributed by atoms with Gasteiger partial charge in [-0.3, -0.25) is 4.79 Å². The van der Waals surface area contributed by atoms with Gasteiger partial charge in [-0.1, -0.05) is 47.6 Å². The summed E-state index contributed by atoms with van der Waals surface area (Å²) in [5.74, 6) is 0.510. The molecule has 2 aromatic carbocycles. The molecule has 1 atom stereocenters. The van der Waals surface area contributed by atoms with Crippen LogP contribution in [0.15, 0.2) is 59.8 Å². The number of benzene rings is 2. The predicted octanol–water partition coefficient (Wildman–Crippen LogP) is 3.31. The molecule has 0 saturated carbocycles. The van der Waals surface area contributed by atoms with E-state index < -0.39 is 0 Å². The fraction of sp³-hybridized carbons (Fsp3) is 0.263. The van der Waals surface area contributed by atoms with Crippen LogP contribution in [0.3, 0.4) is 0 Å². The number of carbonyl (C=O) groups excluding carboxylic acids is 1. The van der Waals surface area contributed by atoms with Crippen LogP contribution < -0.4 is 10.1 Å². The molecule has 0 fully saturated rings. The van der Waals surface area contributed by atoms with Crippen LogP contribution in [0, 0.1) is 0 Å². The standard InChI is InChI=1S/C19H22N2O3/c1-3-23-18-12-8-7-11-17(18)13-20-24-14-19(22)21-15(2)16-9-5-4-6-10-16/h4-13,15H,3,14H2,1-2H3,(H,21,22)/b20-13+. The Morgan fingerprint density at radius 1 is 1.17 bits per heavy atom. The first kappa shape index (κ1) is 17.5. The third-order valence-electron chi connectivity index (χ3n) is 3.36. The highest BCUT2D eigenvalue weighted by Crippen LogP contribution is 2.15. The Morgan fingerprint density at radius 2 is 1.88 bits per heavy atom. The third kappa shape index (κ3) is 5.43. The van der Waals surface area contributed by atoms with Gasteiger partial charge in [0.2, 0.25) is 0 Å². The molecule has 0 aliphatic rings. The van der Waals surface area contributed by atoms with Gasteiger partial charge in [0, 0.05) is 5.56 Å². The summed E-state index contributed by atoms with van der Waals surface area (Å²) in [4.78, 5) is 16.9. The fourth-order valence-electron chi connectivity index (χ4n) is 2.17. The number of oxime groups is 1. The summed E-state index contributed by atoms with van der Waals surface area (Å²) in [5.41, 5.74) is 1.84. The zero-order valence-electron chi connectivity index (χ0n) is 13.9. The molecule has 1 amide bonds. The minimum absolute atomic E-state index is 0.0787. The molecular formula is C19H22N2O3. The van der Waals surface area contributed by atoms with E-state index in [1.54, 1.807) is 6.21 Å². The van der Waals surface area contributed by atoms with Gasteiger partial charge in [0.15, 0.2) is 6.61 Å². The smallest absolute Gasteiger partial charge is 0.261 e. The maximum absolute atomic E-state index is 11.9. The molecule has 2 aromatic rings. The quantitative estimate of drug-likeness (QED) is 0.598. The van der Waals surface area contributed by atoms with Crippen LogP contribution in [0.4, 0.5) is 0 Å². The molecule has 0 radical (unpaired) electrons. The Hall–Kier alpha value is -2.82. The summed E-state index contributed by atoms with van der Waals surface area (Å²) in [5, 5.41) is 6.70. The molecule has 126 valence electrons. The lowest BCUT2D eigenvalue weighted by molar-refractivity contribution is -0.126. The number of nitrogens with one attached hydrogen (secondary N) is 1. The summed E-state index contributed by atoms with van der Waals surface area (Å²) in [7, 11) is 0. The van der Waals surface area contributed by atoms with Crippen molar-refractivity contribution in [2.24, 2.45) is 5.16 Å². The van der Waals surface area contributed by atoms with Gasteiger partial charge in [-0.2, -0.15) is 0 Å². The second kappa shape index (κ2) is 9.35. The molecule has 5 heteroatoms. The van der Waals surface area contributed by atoms with E-state index in [9.17, 15) is 4.79 Å². The molecule has 0 heterocycles. The largest absolute Gasteiger partial charge is 0.493 e. The molecular weight excluding hydrogens is 304 g/mol. The van der Waals surface area contributed by atoms with Crippen molar-refractivity contribution in [2.45, 2.75) is 19.9 Å². The highest BCUT2D eigenvalue weighted by Gasteiger charge is 2.09. The lowest BCUT2D eigenvalue weighted by Gasteiger charge is -2.13. The fourth-order valence-corrected chi connectivity index (χ4v) is 2.17. The van der Waals surface area contributed by atoms with Crippen LogP contribution in [0.2, 0.25) is 0 Å². The number of hydrogen-bond donors (Lipinski definition) is 1. The van der Waals surface area contributed by atoms with Crippen molar-refractivity contribution in [1.82, 2.24) is 5.32 Å². The second-order valence-corrected chi connectivity index (χ2v) is 5.18. The van der Waals surface area contributed by atoms with Crippen LogP contribution in [0.1, 0.15) is 31.0 Å². The Bertz CT molecular complexity index is 671. The number of carbonyl (C=O) groups is 1. The maximum atomic E-state index is 11.9. The Labute approximate surface area is 142 Å². The average Bonchev–Trinajstić information content (AvgIpc) is 2.61. The third-order valence-corrected chi connectivity index (χ3v) is 3.36. The maximum Gasteiger partial charge on any atom is 0.261 e. The zero-order chi connectivity index (χ0) is 17.2. The van der Waals surface area contributed by atoms with Gasteiger partial charge in [-0.25, -0.2) is 0 Å². The van der Waals surface area contributed by atoms with E-state index in [2.05, 4.69) is 10.5 Å². The van der Waals surface area contributed by atoms with Crippen LogP contribution >= 0.6 is 0 Å². The summed E-state index contributed by atoms with van der Waals surface area (Å²) >= 11 is 0. The first-order valence-electron chi connectivity index (χ1n) is 7.92. The summed E-state index contributed by atoms with van der Waals surface area (Å²) < 4.78 is 5.49. The van der Waals surface area contributed by atoms with Crippen molar-refractivity contribution in [3.63, 3.8) is 0 Å². The van der Waals surface area contributed by atoms with Crippen LogP contribution in [-0.2, 0) is 9.63 Å². The molecule has 0 spiro atoms. The van der Waals surface area contributed by atoms with Gasteiger partial charge in [0.25, 0.3) is 5.91 Å². The van der Waals surface area contributed by atoms with Gasteiger partial charge in [-0.15, -0.1) is 0 Å². The second-order valence-electron chi connectivity index (χ2n) is 5.18. The molecule has 2 rings (SSSR count). The van der Waals surface area contributed by atoms with Crippen molar-refractivity contribution >= 4 is 12.1 Å². The normalized spacial score (nSPS) is 11.9. The topological polar surface area (TPSA) is 59.9 Å². The van der Waals surface area contributed by atoms with E-state index in [1.807, 2.05) is 68.4 Å². The van der Waals surface area contributed by atoms with Gasteiger partial charge in [0.1, 0.15) is 5.75 Å². The SMILES string of the molecule is CCOc1ccccc1/C=N/OCC(=O)NC(C)c1ccccc1. The number of ether oxygens (including phenoxy) is 1. The van der Waals surface area contributed by atoms with Crippen molar-refractivity contribution in [2.75, 3.05) is 13.2 Å². The first-order chi connectivity index (χ1) is 11.7. The van der Waals surface area contributed by atoms with E-state index in [0.717, 1.165) is 16.9 Å². The Morgan fingerprint density at radius 3 is 2.62 bits per heavy atom. The molecule has 24 heavy (non-hydrogen) atoms. The van der Waals surface area contributed by atoms with Crippen LogP contribution in [0.25, 0.3) is 0 Å². The highest BCUT2D eigenvalue weighted by molar-refractivity contribution is 5.83. The van der Waals surface area contributed by atoms with Crippen molar-refractivity contribution in [3.05, 3.63) is 65.7 Å². The van der Waals surface area contributed by atoms with Crippen LogP contribution in [-0.4, -0.2) is 25.3 Å². The molecule has 0 saturated heterocycles. The Balaban J connectivity index is 1.80. The number of nitrogens with zero attached hydrogens (tertiary/aromatic N) is 1. The minimum atomic E-state index is -0.221. The summed E-state index contributed by atoms with van der Waals surface area (Å²) in [6, 6.07) is 17.2. The lowest BCUT2D eigenvalue weighted by Crippen LogP contribution is -2.29. The molecule has 0 bridgehead atoms. The van der Waals surface area contributed by atoms with E-state index in [-0.39, 0.29) is 18.6 Å². The number of hydrogen-bond acceptors (Lipinski definition) is 4. The lowest BCUT2D eigenvalue weighted by atomic mass is 10.1. The van der Waals surface area contributed by atoms with Gasteiger partial charge < -0.3 is 14.9 Å². The number of rotatable bonds is 8. The average molecular weight is 326 g/mol. The van der Waals surface area contributed by atoms with Crippen molar-refractivity contribution in [3.8, 4) is 5.75 Å². The van der Waals surface area contributed by atoms with E-state index >= 15 is 0 Å². The van der Waals surface area contributed by atoms with Gasteiger partial charge in [0.05, 0.1) is 18.9 Å². The molecule has 0 aliphatic carbocycles. The zero-order valence-corrected chi connectivity index (χ0v) is 13.9. The van der Waals surface area contributed by atoms with E-state index in [0.29, 0.717) is 6.61 Å². The van der Waals surface area contributed by atoms with E-state index in [1.165, 1.54) is 0 Å². The predicted molar refractivity (Wildman–Crippen MR) is 94.2 cm³/mol. The Kier molecular flexibility index (Phi) is 6.83. The molecule has 5 nitrogen and oxygen atoms in total. The van der Waals surface area contributed by atoms with Crippen molar-refractivity contribution in [1.29, 1.82) is 0 Å². The molecule has 1 N–H and O–H groups in total. The van der Waals surface area contributed by atoms with Crippen molar-refractivity contribution < 1.29 is 14.4 Å². The van der Waals surface area contributed by atoms with E-state index in [4.69, 9.17) is 9.57 Å². The molecule has 0 aromatic heterocycles.